The third-order valence-corrected chi connectivity index (χ3v) is 4.75. The van der Waals surface area contributed by atoms with Crippen LogP contribution in [-0.2, 0) is 0 Å². The van der Waals surface area contributed by atoms with Crippen LogP contribution in [0.25, 0.3) is 0 Å². The molecule has 1 N–H and O–H groups in total. The first-order chi connectivity index (χ1) is 14.1. The van der Waals surface area contributed by atoms with Crippen LogP contribution in [0.1, 0.15) is 20.8 Å². The Hall–Kier alpha value is -3.13. The number of pyridine rings is 1. The number of aromatic nitrogens is 1. The Morgan fingerprint density at radius 2 is 1.76 bits per heavy atom. The zero-order valence-corrected chi connectivity index (χ0v) is 16.8. The van der Waals surface area contributed by atoms with Gasteiger partial charge >= 0.3 is 0 Å². The molecule has 8 nitrogen and oxygen atoms in total. The third kappa shape index (κ3) is 5.68. The fourth-order valence-electron chi connectivity index (χ4n) is 2.98. The van der Waals surface area contributed by atoms with E-state index in [1.54, 1.807) is 48.4 Å². The summed E-state index contributed by atoms with van der Waals surface area (Å²) < 4.78 is 10.7. The summed E-state index contributed by atoms with van der Waals surface area (Å²) in [5.74, 6) is 1.04. The quantitative estimate of drug-likeness (QED) is 0.708. The van der Waals surface area contributed by atoms with Crippen molar-refractivity contribution in [2.45, 2.75) is 0 Å². The van der Waals surface area contributed by atoms with Crippen molar-refractivity contribution in [2.75, 3.05) is 53.5 Å². The molecule has 0 atom stereocenters. The van der Waals surface area contributed by atoms with E-state index in [9.17, 15) is 9.59 Å². The minimum atomic E-state index is -0.337. The number of carbonyl (C=O) groups excluding carboxylic acids is 2. The Kier molecular flexibility index (Phi) is 7.02. The minimum Gasteiger partial charge on any atom is -0.497 e. The van der Waals surface area contributed by atoms with Crippen LogP contribution in [0, 0.1) is 0 Å². The van der Waals surface area contributed by atoms with Crippen molar-refractivity contribution in [3.05, 3.63) is 53.9 Å². The van der Waals surface area contributed by atoms with Crippen LogP contribution >= 0.6 is 0 Å². The molecule has 1 aliphatic heterocycles. The lowest BCUT2D eigenvalue weighted by Crippen LogP contribution is -2.47. The predicted molar refractivity (Wildman–Crippen MR) is 108 cm³/mol. The van der Waals surface area contributed by atoms with Crippen molar-refractivity contribution < 1.29 is 19.1 Å². The maximum absolute atomic E-state index is 12.7. The van der Waals surface area contributed by atoms with Gasteiger partial charge in [-0.15, -0.1) is 0 Å². The Balaban J connectivity index is 1.49. The van der Waals surface area contributed by atoms with Crippen molar-refractivity contribution in [2.24, 2.45) is 0 Å². The van der Waals surface area contributed by atoms with E-state index >= 15 is 0 Å². The van der Waals surface area contributed by atoms with Crippen molar-refractivity contribution in [1.82, 2.24) is 20.1 Å². The van der Waals surface area contributed by atoms with E-state index in [-0.39, 0.29) is 17.5 Å². The summed E-state index contributed by atoms with van der Waals surface area (Å²) in [6.45, 7) is 3.70. The van der Waals surface area contributed by atoms with Gasteiger partial charge in [0.1, 0.15) is 23.8 Å². The van der Waals surface area contributed by atoms with E-state index in [2.05, 4.69) is 15.2 Å². The van der Waals surface area contributed by atoms with Crippen LogP contribution in [0.15, 0.2) is 42.6 Å². The molecule has 154 valence electrons. The average molecular weight is 398 g/mol. The standard InChI is InChI=1S/C21H26N4O4/c1-24-10-12-25(13-11-24)21(27)16-7-8-22-19(15-16)20(26)23-9-14-29-18-5-3-17(28-2)4-6-18/h3-8,15H,9-14H2,1-2H3,(H,23,26). The molecular weight excluding hydrogens is 372 g/mol. The molecule has 2 heterocycles. The topological polar surface area (TPSA) is 84.0 Å². The number of ether oxygens (including phenoxy) is 2. The number of methoxy groups -OCH3 is 1. The molecule has 29 heavy (non-hydrogen) atoms. The summed E-state index contributed by atoms with van der Waals surface area (Å²) in [7, 11) is 3.64. The lowest BCUT2D eigenvalue weighted by Gasteiger charge is -2.32. The van der Waals surface area contributed by atoms with Crippen molar-refractivity contribution in [3.63, 3.8) is 0 Å². The van der Waals surface area contributed by atoms with Gasteiger partial charge in [0.05, 0.1) is 13.7 Å². The van der Waals surface area contributed by atoms with Gasteiger partial charge in [-0.1, -0.05) is 0 Å². The average Bonchev–Trinajstić information content (AvgIpc) is 2.77. The van der Waals surface area contributed by atoms with Gasteiger partial charge in [-0.25, -0.2) is 0 Å². The zero-order valence-electron chi connectivity index (χ0n) is 16.8. The van der Waals surface area contributed by atoms with Gasteiger partial charge in [0.2, 0.25) is 0 Å². The summed E-state index contributed by atoms with van der Waals surface area (Å²) in [5.41, 5.74) is 0.693. The molecule has 1 fully saturated rings. The van der Waals surface area contributed by atoms with E-state index in [4.69, 9.17) is 9.47 Å². The second-order valence-electron chi connectivity index (χ2n) is 6.81. The first-order valence-corrected chi connectivity index (χ1v) is 9.56. The summed E-state index contributed by atoms with van der Waals surface area (Å²) >= 11 is 0. The summed E-state index contributed by atoms with van der Waals surface area (Å²) in [6, 6.07) is 10.4. The lowest BCUT2D eigenvalue weighted by atomic mass is 10.2. The van der Waals surface area contributed by atoms with Crippen LogP contribution in [0.3, 0.4) is 0 Å². The van der Waals surface area contributed by atoms with Gasteiger partial charge in [0, 0.05) is 37.9 Å². The van der Waals surface area contributed by atoms with Crippen molar-refractivity contribution in [3.8, 4) is 11.5 Å². The maximum Gasteiger partial charge on any atom is 0.270 e. The van der Waals surface area contributed by atoms with Crippen LogP contribution < -0.4 is 14.8 Å². The summed E-state index contributed by atoms with van der Waals surface area (Å²) in [6.07, 6.45) is 1.49. The summed E-state index contributed by atoms with van der Waals surface area (Å²) in [5, 5.41) is 2.76. The predicted octanol–water partition coefficient (Wildman–Crippen LogP) is 1.29. The highest BCUT2D eigenvalue weighted by Gasteiger charge is 2.21. The SMILES string of the molecule is COc1ccc(OCCNC(=O)c2cc(C(=O)N3CCN(C)CC3)ccn2)cc1. The molecule has 0 spiro atoms. The molecule has 0 aliphatic carbocycles. The molecule has 1 aromatic heterocycles. The minimum absolute atomic E-state index is 0.0719. The molecular formula is C21H26N4O4. The number of nitrogens with one attached hydrogen (secondary N) is 1. The van der Waals surface area contributed by atoms with Crippen LogP contribution in [0.4, 0.5) is 0 Å². The second-order valence-corrected chi connectivity index (χ2v) is 6.81. The normalized spacial score (nSPS) is 14.3. The zero-order chi connectivity index (χ0) is 20.6. The van der Waals surface area contributed by atoms with E-state index in [1.807, 2.05) is 7.05 Å². The number of carbonyl (C=O) groups is 2. The van der Waals surface area contributed by atoms with E-state index in [0.717, 1.165) is 18.8 Å². The van der Waals surface area contributed by atoms with Crippen LogP contribution in [0.2, 0.25) is 0 Å². The molecule has 3 rings (SSSR count). The first kappa shape index (κ1) is 20.6. The molecule has 0 unspecified atom stereocenters. The number of rotatable bonds is 7. The maximum atomic E-state index is 12.7. The van der Waals surface area contributed by atoms with Gasteiger partial charge < -0.3 is 24.6 Å². The number of hydrogen-bond donors (Lipinski definition) is 1. The summed E-state index contributed by atoms with van der Waals surface area (Å²) in [4.78, 5) is 33.1. The van der Waals surface area contributed by atoms with Crippen LogP contribution in [-0.4, -0.2) is 80.1 Å². The van der Waals surface area contributed by atoms with Gasteiger partial charge in [-0.3, -0.25) is 14.6 Å². The highest BCUT2D eigenvalue weighted by Crippen LogP contribution is 2.16. The van der Waals surface area contributed by atoms with Gasteiger partial charge in [-0.05, 0) is 43.4 Å². The fraction of sp³-hybridized carbons (Fsp3) is 0.381. The largest absolute Gasteiger partial charge is 0.497 e. The number of nitrogens with zero attached hydrogens (tertiary/aromatic N) is 3. The van der Waals surface area contributed by atoms with Gasteiger partial charge in [0.25, 0.3) is 11.8 Å². The molecule has 0 saturated carbocycles. The van der Waals surface area contributed by atoms with Gasteiger partial charge in [0.15, 0.2) is 0 Å². The molecule has 8 heteroatoms. The van der Waals surface area contributed by atoms with Crippen LogP contribution in [0.5, 0.6) is 11.5 Å². The molecule has 0 radical (unpaired) electrons. The smallest absolute Gasteiger partial charge is 0.270 e. The third-order valence-electron chi connectivity index (χ3n) is 4.75. The number of piperazine rings is 1. The Labute approximate surface area is 170 Å². The molecule has 2 amide bonds. The lowest BCUT2D eigenvalue weighted by molar-refractivity contribution is 0.0664. The monoisotopic (exact) mass is 398 g/mol. The molecule has 0 bridgehead atoms. The van der Waals surface area contributed by atoms with Crippen molar-refractivity contribution in [1.29, 1.82) is 0 Å². The Bertz CT molecular complexity index is 833. The second kappa shape index (κ2) is 9.88. The van der Waals surface area contributed by atoms with E-state index in [0.29, 0.717) is 37.6 Å². The molecule has 1 saturated heterocycles. The highest BCUT2D eigenvalue weighted by atomic mass is 16.5. The Morgan fingerprint density at radius 3 is 2.45 bits per heavy atom. The number of benzene rings is 1. The fourth-order valence-corrected chi connectivity index (χ4v) is 2.98. The van der Waals surface area contributed by atoms with E-state index < -0.39 is 0 Å². The molecule has 2 aromatic rings. The number of likely N-dealkylation sites (N-methyl/N-ethyl adjacent to an activating group) is 1. The molecule has 1 aliphatic rings. The van der Waals surface area contributed by atoms with E-state index in [1.165, 1.54) is 6.20 Å². The highest BCUT2D eigenvalue weighted by molar-refractivity contribution is 5.98. The number of amides is 2. The first-order valence-electron chi connectivity index (χ1n) is 9.56. The Morgan fingerprint density at radius 1 is 1.07 bits per heavy atom. The van der Waals surface area contributed by atoms with Crippen molar-refractivity contribution >= 4 is 11.8 Å². The molecule has 1 aromatic carbocycles. The number of hydrogen-bond acceptors (Lipinski definition) is 6. The van der Waals surface area contributed by atoms with Gasteiger partial charge in [-0.2, -0.15) is 0 Å².